The second-order valence-electron chi connectivity index (χ2n) is 9.90. The minimum atomic E-state index is -0.967. The molecule has 3 aromatic rings. The Balaban J connectivity index is 1.76. The van der Waals surface area contributed by atoms with Gasteiger partial charge in [-0.2, -0.15) is 0 Å². The van der Waals surface area contributed by atoms with Crippen LogP contribution in [0.1, 0.15) is 22.3 Å². The molecule has 0 bridgehead atoms. The van der Waals surface area contributed by atoms with E-state index in [1.54, 1.807) is 57.7 Å². The summed E-state index contributed by atoms with van der Waals surface area (Å²) in [5.41, 5.74) is 3.44. The summed E-state index contributed by atoms with van der Waals surface area (Å²) in [5, 5.41) is 10.7. The minimum Gasteiger partial charge on any atom is -0.507 e. The highest BCUT2D eigenvalue weighted by Gasteiger charge is 2.39. The molecule has 0 spiro atoms. The van der Waals surface area contributed by atoms with Crippen LogP contribution in [-0.2, 0) is 27.2 Å². The summed E-state index contributed by atoms with van der Waals surface area (Å²) < 4.78 is 26.8. The Bertz CT molecular complexity index is 1490. The lowest BCUT2D eigenvalue weighted by atomic mass is 9.96. The molecule has 1 aliphatic rings. The number of carbonyl (C=O) groups is 2. The van der Waals surface area contributed by atoms with Crippen molar-refractivity contribution in [1.29, 1.82) is 0 Å². The number of phenols is 1. The molecule has 42 heavy (non-hydrogen) atoms. The largest absolute Gasteiger partial charge is 0.507 e. The van der Waals surface area contributed by atoms with Crippen LogP contribution < -0.4 is 18.9 Å². The van der Waals surface area contributed by atoms with Crippen LogP contribution >= 0.6 is 0 Å². The van der Waals surface area contributed by atoms with E-state index < -0.39 is 18.1 Å². The van der Waals surface area contributed by atoms with Gasteiger partial charge in [0.25, 0.3) is 0 Å². The predicted octanol–water partition coefficient (Wildman–Crippen LogP) is 3.76. The molecule has 0 fully saturated rings. The SMILES string of the molecule is COC(=O)[C@H](Cc1ccc(OC)c(OC)c1)N1CC(c2cc(C)ccc2O)=N[C@@H](Cc2ccc(OC)c(OC)c2)C1=O. The molecule has 0 aliphatic carbocycles. The number of nitrogens with zero attached hydrogens (tertiary/aromatic N) is 2. The molecule has 0 saturated heterocycles. The Morgan fingerprint density at radius 3 is 2.07 bits per heavy atom. The van der Waals surface area contributed by atoms with Crippen LogP contribution in [0, 0.1) is 6.92 Å². The number of hydrogen-bond donors (Lipinski definition) is 1. The van der Waals surface area contributed by atoms with Gasteiger partial charge in [0.2, 0.25) is 5.91 Å². The van der Waals surface area contributed by atoms with Crippen LogP contribution in [0.15, 0.2) is 59.6 Å². The highest BCUT2D eigenvalue weighted by molar-refractivity contribution is 6.09. The van der Waals surface area contributed by atoms with Crippen molar-refractivity contribution in [2.45, 2.75) is 31.8 Å². The third kappa shape index (κ3) is 6.43. The molecule has 4 rings (SSSR count). The Morgan fingerprint density at radius 2 is 1.48 bits per heavy atom. The molecule has 222 valence electrons. The normalized spacial score (nSPS) is 15.5. The minimum absolute atomic E-state index is 0.00529. The lowest BCUT2D eigenvalue weighted by Gasteiger charge is -2.36. The van der Waals surface area contributed by atoms with Gasteiger partial charge in [0.15, 0.2) is 23.0 Å². The molecule has 2 atom stereocenters. The average Bonchev–Trinajstić information content (AvgIpc) is 3.01. The van der Waals surface area contributed by atoms with Crippen LogP contribution in [0.2, 0.25) is 0 Å². The maximum atomic E-state index is 14.1. The number of esters is 1. The highest BCUT2D eigenvalue weighted by Crippen LogP contribution is 2.32. The second kappa shape index (κ2) is 13.3. The second-order valence-corrected chi connectivity index (χ2v) is 9.90. The average molecular weight is 577 g/mol. The van der Waals surface area contributed by atoms with Crippen molar-refractivity contribution in [3.8, 4) is 28.7 Å². The lowest BCUT2D eigenvalue weighted by molar-refractivity contribution is -0.153. The van der Waals surface area contributed by atoms with Crippen LogP contribution in [-0.4, -0.2) is 81.8 Å². The molecule has 1 amide bonds. The summed E-state index contributed by atoms with van der Waals surface area (Å²) in [4.78, 5) is 33.6. The zero-order chi connectivity index (χ0) is 30.4. The number of rotatable bonds is 11. The predicted molar refractivity (Wildman–Crippen MR) is 157 cm³/mol. The number of aliphatic imine (C=N–C) groups is 1. The van der Waals surface area contributed by atoms with Crippen molar-refractivity contribution in [2.75, 3.05) is 42.1 Å². The van der Waals surface area contributed by atoms with Crippen molar-refractivity contribution in [3.63, 3.8) is 0 Å². The van der Waals surface area contributed by atoms with E-state index in [9.17, 15) is 14.7 Å². The molecule has 1 N–H and O–H groups in total. The van der Waals surface area contributed by atoms with Crippen LogP contribution in [0.3, 0.4) is 0 Å². The molecule has 10 nitrogen and oxygen atoms in total. The standard InChI is InChI=1S/C32H36N2O8/c1-19-7-10-26(35)22(13-19)24-18-34(25(32(37)42-6)15-21-9-12-28(39-3)30(17-21)41-5)31(36)23(33-24)14-20-8-11-27(38-2)29(16-20)40-4/h7-13,16-17,23,25,35H,14-15,18H2,1-6H3/t23-,25-/m0/s1. The number of methoxy groups -OCH3 is 5. The third-order valence-corrected chi connectivity index (χ3v) is 7.27. The van der Waals surface area contributed by atoms with E-state index in [0.29, 0.717) is 34.3 Å². The van der Waals surface area contributed by atoms with Gasteiger partial charge >= 0.3 is 5.97 Å². The summed E-state index contributed by atoms with van der Waals surface area (Å²) in [5.74, 6) is 1.26. The number of carbonyl (C=O) groups excluding carboxylic acids is 2. The number of aromatic hydroxyl groups is 1. The Morgan fingerprint density at radius 1 is 0.881 bits per heavy atom. The Kier molecular flexibility index (Phi) is 9.57. The van der Waals surface area contributed by atoms with E-state index in [0.717, 1.165) is 16.7 Å². The first kappa shape index (κ1) is 30.2. The molecule has 0 aromatic heterocycles. The number of aryl methyl sites for hydroxylation is 1. The fraction of sp³-hybridized carbons (Fsp3) is 0.344. The van der Waals surface area contributed by atoms with Gasteiger partial charge in [0, 0.05) is 18.4 Å². The van der Waals surface area contributed by atoms with Crippen LogP contribution in [0.5, 0.6) is 28.7 Å². The number of amides is 1. The van der Waals surface area contributed by atoms with E-state index >= 15 is 0 Å². The molecule has 1 aliphatic heterocycles. The number of ether oxygens (including phenoxy) is 5. The van der Waals surface area contributed by atoms with Crippen LogP contribution in [0.25, 0.3) is 0 Å². The van der Waals surface area contributed by atoms with Crippen molar-refractivity contribution >= 4 is 17.6 Å². The summed E-state index contributed by atoms with van der Waals surface area (Å²) in [7, 11) is 7.46. The first-order chi connectivity index (χ1) is 20.2. The van der Waals surface area contributed by atoms with Crippen molar-refractivity contribution in [3.05, 3.63) is 76.9 Å². The van der Waals surface area contributed by atoms with E-state index in [2.05, 4.69) is 0 Å². The monoisotopic (exact) mass is 576 g/mol. The number of benzene rings is 3. The molecule has 0 saturated carbocycles. The maximum absolute atomic E-state index is 14.1. The number of hydrogen-bond acceptors (Lipinski definition) is 9. The number of phenolic OH excluding ortho intramolecular Hbond substituents is 1. The van der Waals surface area contributed by atoms with Gasteiger partial charge in [-0.15, -0.1) is 0 Å². The van der Waals surface area contributed by atoms with Crippen molar-refractivity contribution < 1.29 is 38.4 Å². The van der Waals surface area contributed by atoms with E-state index in [4.69, 9.17) is 28.7 Å². The molecule has 1 heterocycles. The zero-order valence-corrected chi connectivity index (χ0v) is 24.7. The van der Waals surface area contributed by atoms with Crippen molar-refractivity contribution in [1.82, 2.24) is 4.90 Å². The Hall–Kier alpha value is -4.73. The van der Waals surface area contributed by atoms with Gasteiger partial charge in [-0.25, -0.2) is 4.79 Å². The molecule has 10 heteroatoms. The summed E-state index contributed by atoms with van der Waals surface area (Å²) in [6, 6.07) is 14.1. The zero-order valence-electron chi connectivity index (χ0n) is 24.7. The van der Waals surface area contributed by atoms with E-state index in [1.165, 1.54) is 19.1 Å². The summed E-state index contributed by atoms with van der Waals surface area (Å²) >= 11 is 0. The van der Waals surface area contributed by atoms with E-state index in [1.807, 2.05) is 25.1 Å². The van der Waals surface area contributed by atoms with Gasteiger partial charge in [-0.1, -0.05) is 23.8 Å². The molecular weight excluding hydrogens is 540 g/mol. The molecule has 0 unspecified atom stereocenters. The van der Waals surface area contributed by atoms with Gasteiger partial charge in [-0.05, 0) is 54.4 Å². The molecule has 3 aromatic carbocycles. The summed E-state index contributed by atoms with van der Waals surface area (Å²) in [6.45, 7) is 1.91. The quantitative estimate of drug-likeness (QED) is 0.343. The molecular formula is C32H36N2O8. The molecule has 0 radical (unpaired) electrons. The fourth-order valence-electron chi connectivity index (χ4n) is 5.07. The van der Waals surface area contributed by atoms with Crippen molar-refractivity contribution in [2.24, 2.45) is 4.99 Å². The third-order valence-electron chi connectivity index (χ3n) is 7.27. The van der Waals surface area contributed by atoms with Gasteiger partial charge in [0.05, 0.1) is 47.8 Å². The van der Waals surface area contributed by atoms with Gasteiger partial charge in [-0.3, -0.25) is 9.79 Å². The summed E-state index contributed by atoms with van der Waals surface area (Å²) in [6.07, 6.45) is 0.394. The van der Waals surface area contributed by atoms with Crippen LogP contribution in [0.4, 0.5) is 0 Å². The van der Waals surface area contributed by atoms with Gasteiger partial charge in [0.1, 0.15) is 17.8 Å². The Labute approximate surface area is 245 Å². The first-order valence-electron chi connectivity index (χ1n) is 13.4. The lowest BCUT2D eigenvalue weighted by Crippen LogP contribution is -2.55. The maximum Gasteiger partial charge on any atom is 0.328 e. The van der Waals surface area contributed by atoms with Gasteiger partial charge < -0.3 is 33.7 Å². The highest BCUT2D eigenvalue weighted by atomic mass is 16.5. The fourth-order valence-corrected chi connectivity index (χ4v) is 5.07. The topological polar surface area (TPSA) is 116 Å². The first-order valence-corrected chi connectivity index (χ1v) is 13.4. The van der Waals surface area contributed by atoms with E-state index in [-0.39, 0.29) is 31.0 Å². The smallest absolute Gasteiger partial charge is 0.328 e.